The molecule has 0 heterocycles. The van der Waals surface area contributed by atoms with Crippen LogP contribution in [0.1, 0.15) is 15.9 Å². The number of esters is 1. The molecule has 0 fully saturated rings. The van der Waals surface area contributed by atoms with E-state index < -0.39 is 11.9 Å². The van der Waals surface area contributed by atoms with Gasteiger partial charge in [-0.25, -0.2) is 4.79 Å². The van der Waals surface area contributed by atoms with Gasteiger partial charge in [0.25, 0.3) is 5.91 Å². The van der Waals surface area contributed by atoms with Crippen molar-refractivity contribution in [3.05, 3.63) is 63.1 Å². The first-order chi connectivity index (χ1) is 10.5. The molecular weight excluding hydrogens is 370 g/mol. The Morgan fingerprint density at radius 2 is 1.86 bits per heavy atom. The molecule has 0 atom stereocenters. The van der Waals surface area contributed by atoms with Crippen LogP contribution < -0.4 is 5.32 Å². The van der Waals surface area contributed by atoms with E-state index >= 15 is 0 Å². The Hall–Kier alpha value is -1.85. The van der Waals surface area contributed by atoms with Gasteiger partial charge in [-0.3, -0.25) is 4.79 Å². The number of hydrogen-bond donors (Lipinski definition) is 1. The Morgan fingerprint density at radius 3 is 2.55 bits per heavy atom. The predicted molar refractivity (Wildman–Crippen MR) is 89.2 cm³/mol. The van der Waals surface area contributed by atoms with Gasteiger partial charge in [0.1, 0.15) is 0 Å². The van der Waals surface area contributed by atoms with Gasteiger partial charge in [-0.05, 0) is 48.9 Å². The quantitative estimate of drug-likeness (QED) is 0.806. The molecule has 2 rings (SSSR count). The normalized spacial score (nSPS) is 10.1. The van der Waals surface area contributed by atoms with E-state index in [1.165, 1.54) is 0 Å². The second-order valence-electron chi connectivity index (χ2n) is 4.59. The van der Waals surface area contributed by atoms with Gasteiger partial charge in [-0.1, -0.05) is 33.6 Å². The second-order valence-corrected chi connectivity index (χ2v) is 5.94. The van der Waals surface area contributed by atoms with Crippen LogP contribution in [0.5, 0.6) is 0 Å². The van der Waals surface area contributed by atoms with E-state index in [-0.39, 0.29) is 6.61 Å². The van der Waals surface area contributed by atoms with Crippen molar-refractivity contribution in [1.82, 2.24) is 0 Å². The van der Waals surface area contributed by atoms with Crippen LogP contribution in [-0.2, 0) is 9.53 Å². The first-order valence-corrected chi connectivity index (χ1v) is 7.61. The standard InChI is InChI=1S/C16H13BrClNO3/c1-10-2-7-13(18)8-14(10)19-15(20)9-22-16(21)11-3-5-12(17)6-4-11/h2-8H,9H2,1H3,(H,19,20). The third kappa shape index (κ3) is 4.58. The minimum absolute atomic E-state index is 0.360. The number of nitrogens with one attached hydrogen (secondary N) is 1. The Kier molecular flexibility index (Phi) is 5.57. The third-order valence-electron chi connectivity index (χ3n) is 2.89. The molecule has 0 saturated carbocycles. The number of benzene rings is 2. The fourth-order valence-electron chi connectivity index (χ4n) is 1.72. The molecule has 0 bridgehead atoms. The lowest BCUT2D eigenvalue weighted by molar-refractivity contribution is -0.119. The average Bonchev–Trinajstić information content (AvgIpc) is 2.49. The molecule has 1 N–H and O–H groups in total. The molecule has 2 aromatic carbocycles. The van der Waals surface area contributed by atoms with Crippen molar-refractivity contribution >= 4 is 45.1 Å². The van der Waals surface area contributed by atoms with E-state index in [2.05, 4.69) is 21.2 Å². The maximum Gasteiger partial charge on any atom is 0.338 e. The highest BCUT2D eigenvalue weighted by Crippen LogP contribution is 2.20. The summed E-state index contributed by atoms with van der Waals surface area (Å²) in [6, 6.07) is 11.9. The van der Waals surface area contributed by atoms with Crippen molar-refractivity contribution < 1.29 is 14.3 Å². The molecule has 0 spiro atoms. The zero-order chi connectivity index (χ0) is 16.1. The molecule has 22 heavy (non-hydrogen) atoms. The van der Waals surface area contributed by atoms with Gasteiger partial charge in [-0.15, -0.1) is 0 Å². The van der Waals surface area contributed by atoms with Crippen LogP contribution in [-0.4, -0.2) is 18.5 Å². The minimum Gasteiger partial charge on any atom is -0.452 e. The van der Waals surface area contributed by atoms with Gasteiger partial charge in [-0.2, -0.15) is 0 Å². The number of carbonyl (C=O) groups is 2. The summed E-state index contributed by atoms with van der Waals surface area (Å²) in [5.41, 5.74) is 1.85. The molecule has 0 aliphatic heterocycles. The number of amides is 1. The third-order valence-corrected chi connectivity index (χ3v) is 3.65. The number of hydrogen-bond acceptors (Lipinski definition) is 3. The summed E-state index contributed by atoms with van der Waals surface area (Å²) in [4.78, 5) is 23.6. The van der Waals surface area contributed by atoms with Gasteiger partial charge in [0.15, 0.2) is 6.61 Å². The number of anilines is 1. The van der Waals surface area contributed by atoms with Crippen LogP contribution in [0.15, 0.2) is 46.9 Å². The molecule has 0 aromatic heterocycles. The summed E-state index contributed by atoms with van der Waals surface area (Å²) in [5, 5.41) is 3.18. The summed E-state index contributed by atoms with van der Waals surface area (Å²) in [6.07, 6.45) is 0. The molecular formula is C16H13BrClNO3. The number of halogens is 2. The van der Waals surface area contributed by atoms with Gasteiger partial charge in [0, 0.05) is 15.2 Å². The van der Waals surface area contributed by atoms with Crippen LogP contribution in [0.25, 0.3) is 0 Å². The van der Waals surface area contributed by atoms with Crippen molar-refractivity contribution in [1.29, 1.82) is 0 Å². The first-order valence-electron chi connectivity index (χ1n) is 6.44. The highest BCUT2D eigenvalue weighted by atomic mass is 79.9. The number of rotatable bonds is 4. The average molecular weight is 383 g/mol. The maximum atomic E-state index is 11.8. The summed E-state index contributed by atoms with van der Waals surface area (Å²) in [5.74, 6) is -0.971. The molecule has 0 aliphatic rings. The van der Waals surface area contributed by atoms with Crippen molar-refractivity contribution in [2.24, 2.45) is 0 Å². The van der Waals surface area contributed by atoms with Gasteiger partial charge in [0.2, 0.25) is 0 Å². The van der Waals surface area contributed by atoms with Crippen molar-refractivity contribution in [2.45, 2.75) is 6.92 Å². The largest absolute Gasteiger partial charge is 0.452 e. The number of aryl methyl sites for hydroxylation is 1. The molecule has 0 saturated heterocycles. The highest BCUT2D eigenvalue weighted by molar-refractivity contribution is 9.10. The Balaban J connectivity index is 1.91. The lowest BCUT2D eigenvalue weighted by atomic mass is 10.2. The Morgan fingerprint density at radius 1 is 1.18 bits per heavy atom. The van der Waals surface area contributed by atoms with E-state index in [9.17, 15) is 9.59 Å². The van der Waals surface area contributed by atoms with E-state index in [1.54, 1.807) is 42.5 Å². The SMILES string of the molecule is Cc1ccc(Cl)cc1NC(=O)COC(=O)c1ccc(Br)cc1. The topological polar surface area (TPSA) is 55.4 Å². The minimum atomic E-state index is -0.550. The lowest BCUT2D eigenvalue weighted by Gasteiger charge is -2.09. The highest BCUT2D eigenvalue weighted by Gasteiger charge is 2.11. The molecule has 6 heteroatoms. The second kappa shape index (κ2) is 7.42. The molecule has 0 radical (unpaired) electrons. The van der Waals surface area contributed by atoms with Crippen LogP contribution in [0.2, 0.25) is 5.02 Å². The van der Waals surface area contributed by atoms with Crippen LogP contribution in [0.3, 0.4) is 0 Å². The van der Waals surface area contributed by atoms with E-state index in [1.807, 2.05) is 6.92 Å². The lowest BCUT2D eigenvalue weighted by Crippen LogP contribution is -2.21. The Bertz CT molecular complexity index is 701. The summed E-state index contributed by atoms with van der Waals surface area (Å²) in [6.45, 7) is 1.49. The van der Waals surface area contributed by atoms with E-state index in [0.717, 1.165) is 10.0 Å². The monoisotopic (exact) mass is 381 g/mol. The van der Waals surface area contributed by atoms with E-state index in [4.69, 9.17) is 16.3 Å². The fourth-order valence-corrected chi connectivity index (χ4v) is 2.15. The van der Waals surface area contributed by atoms with Crippen LogP contribution >= 0.6 is 27.5 Å². The van der Waals surface area contributed by atoms with Crippen LogP contribution in [0.4, 0.5) is 5.69 Å². The van der Waals surface area contributed by atoms with Crippen molar-refractivity contribution in [2.75, 3.05) is 11.9 Å². The molecule has 114 valence electrons. The number of carbonyl (C=O) groups excluding carboxylic acids is 2. The van der Waals surface area contributed by atoms with Gasteiger partial charge >= 0.3 is 5.97 Å². The van der Waals surface area contributed by atoms with Crippen molar-refractivity contribution in [3.63, 3.8) is 0 Å². The van der Waals surface area contributed by atoms with Crippen LogP contribution in [0, 0.1) is 6.92 Å². The van der Waals surface area contributed by atoms with E-state index in [0.29, 0.717) is 16.3 Å². The zero-order valence-electron chi connectivity index (χ0n) is 11.7. The summed E-state index contributed by atoms with van der Waals surface area (Å²) < 4.78 is 5.83. The van der Waals surface area contributed by atoms with Gasteiger partial charge < -0.3 is 10.1 Å². The predicted octanol–water partition coefficient (Wildman–Crippen LogP) is 4.21. The zero-order valence-corrected chi connectivity index (χ0v) is 14.1. The molecule has 0 aliphatic carbocycles. The molecule has 1 amide bonds. The Labute approximate surface area is 141 Å². The first kappa shape index (κ1) is 16.5. The summed E-state index contributed by atoms with van der Waals surface area (Å²) >= 11 is 9.16. The molecule has 2 aromatic rings. The fraction of sp³-hybridized carbons (Fsp3) is 0.125. The van der Waals surface area contributed by atoms with Gasteiger partial charge in [0.05, 0.1) is 5.56 Å². The van der Waals surface area contributed by atoms with Crippen molar-refractivity contribution in [3.8, 4) is 0 Å². The molecule has 0 unspecified atom stereocenters. The smallest absolute Gasteiger partial charge is 0.338 e. The molecule has 4 nitrogen and oxygen atoms in total. The maximum absolute atomic E-state index is 11.8. The number of ether oxygens (including phenoxy) is 1. The summed E-state index contributed by atoms with van der Waals surface area (Å²) in [7, 11) is 0.